The first kappa shape index (κ1) is 6.46. The van der Waals surface area contributed by atoms with Crippen LogP contribution in [0.4, 0.5) is 0 Å². The molecule has 0 fully saturated rings. The van der Waals surface area contributed by atoms with E-state index in [1.807, 2.05) is 6.21 Å². The molecule has 0 unspecified atom stereocenters. The third-order valence-corrected chi connectivity index (χ3v) is 1.61. The van der Waals surface area contributed by atoms with Crippen LogP contribution in [0, 0.1) is 0 Å². The summed E-state index contributed by atoms with van der Waals surface area (Å²) in [4.78, 5) is 10.7. The molecule has 0 atom stereocenters. The fourth-order valence-corrected chi connectivity index (χ4v) is 1.05. The Labute approximate surface area is 55.2 Å². The van der Waals surface area contributed by atoms with Crippen LogP contribution in [0.25, 0.3) is 0 Å². The number of amides is 1. The van der Waals surface area contributed by atoms with Crippen LogP contribution in [-0.4, -0.2) is 23.2 Å². The van der Waals surface area contributed by atoms with Crippen molar-refractivity contribution in [3.05, 3.63) is 0 Å². The van der Waals surface area contributed by atoms with E-state index in [0.29, 0.717) is 0 Å². The van der Waals surface area contributed by atoms with E-state index in [1.165, 1.54) is 6.42 Å². The van der Waals surface area contributed by atoms with Gasteiger partial charge in [0.15, 0.2) is 6.54 Å². The zero-order valence-corrected chi connectivity index (χ0v) is 5.76. The highest BCUT2D eigenvalue weighted by atomic mass is 16.2. The molecular weight excluding hydrogens is 117 g/mol. The highest BCUT2D eigenvalue weighted by Crippen LogP contribution is 1.99. The van der Waals surface area contributed by atoms with Gasteiger partial charge in [0.1, 0.15) is 6.21 Å². The zero-order chi connectivity index (χ0) is 6.69. The summed E-state index contributed by atoms with van der Waals surface area (Å²) in [5.41, 5.74) is 0. The SMILES string of the molecule is [13CH3][13C](=O)[N+]1=CCCC[13CH2]1. The minimum absolute atomic E-state index is 0.176. The third kappa shape index (κ3) is 1.63. The topological polar surface area (TPSA) is 20.1 Å². The molecule has 0 spiro atoms. The second-order valence-corrected chi connectivity index (χ2v) is 2.39. The lowest BCUT2D eigenvalue weighted by Crippen LogP contribution is -2.23. The summed E-state index contributed by atoms with van der Waals surface area (Å²) in [6.07, 6.45) is 5.46. The van der Waals surface area contributed by atoms with E-state index in [2.05, 4.69) is 0 Å². The van der Waals surface area contributed by atoms with Gasteiger partial charge in [0.05, 0.1) is 6.92 Å². The van der Waals surface area contributed by atoms with Crippen LogP contribution in [0.3, 0.4) is 0 Å². The molecule has 0 aromatic heterocycles. The Bertz CT molecular complexity index is 149. The van der Waals surface area contributed by atoms with Crippen molar-refractivity contribution < 1.29 is 9.37 Å². The summed E-state index contributed by atoms with van der Waals surface area (Å²) in [6.45, 7) is 2.54. The van der Waals surface area contributed by atoms with Crippen molar-refractivity contribution in [1.29, 1.82) is 0 Å². The fourth-order valence-electron chi connectivity index (χ4n) is 1.05. The van der Waals surface area contributed by atoms with Gasteiger partial charge in [0.2, 0.25) is 0 Å². The normalized spacial score (nSPS) is 19.0. The summed E-state index contributed by atoms with van der Waals surface area (Å²) in [5.74, 6) is 0.176. The maximum absolute atomic E-state index is 10.7. The molecule has 1 aliphatic rings. The monoisotopic (exact) mass is 129 g/mol. The van der Waals surface area contributed by atoms with E-state index >= 15 is 0 Å². The quantitative estimate of drug-likeness (QED) is 0.350. The van der Waals surface area contributed by atoms with Gasteiger partial charge in [-0.2, -0.15) is 4.58 Å². The summed E-state index contributed by atoms with van der Waals surface area (Å²) >= 11 is 0. The van der Waals surface area contributed by atoms with Crippen molar-refractivity contribution in [3.8, 4) is 0 Å². The van der Waals surface area contributed by atoms with E-state index in [0.717, 1.165) is 19.4 Å². The molecule has 50 valence electrons. The number of hydrogen-bond donors (Lipinski definition) is 0. The van der Waals surface area contributed by atoms with Crippen LogP contribution >= 0.6 is 0 Å². The molecule has 1 rings (SSSR count). The minimum atomic E-state index is 0.176. The molecule has 0 aromatic carbocycles. The molecule has 0 radical (unpaired) electrons. The van der Waals surface area contributed by atoms with E-state index in [9.17, 15) is 4.79 Å². The van der Waals surface area contributed by atoms with Crippen molar-refractivity contribution in [1.82, 2.24) is 0 Å². The Morgan fingerprint density at radius 3 is 2.67 bits per heavy atom. The highest BCUT2D eigenvalue weighted by Gasteiger charge is 2.13. The molecule has 2 heteroatoms. The van der Waals surface area contributed by atoms with Gasteiger partial charge >= 0.3 is 5.91 Å². The van der Waals surface area contributed by atoms with Crippen molar-refractivity contribution in [2.24, 2.45) is 0 Å². The van der Waals surface area contributed by atoms with Gasteiger partial charge in [-0.15, -0.1) is 0 Å². The lowest BCUT2D eigenvalue weighted by molar-refractivity contribution is -0.448. The summed E-state index contributed by atoms with van der Waals surface area (Å²) in [5, 5.41) is 0. The predicted octanol–water partition coefficient (Wildman–Crippen LogP) is 0.800. The van der Waals surface area contributed by atoms with Gasteiger partial charge in [-0.25, -0.2) is 4.79 Å². The Balaban J connectivity index is 2.57. The van der Waals surface area contributed by atoms with E-state index in [1.54, 1.807) is 11.5 Å². The van der Waals surface area contributed by atoms with Crippen LogP contribution in [0.1, 0.15) is 26.2 Å². The van der Waals surface area contributed by atoms with Crippen LogP contribution in [0.15, 0.2) is 0 Å². The van der Waals surface area contributed by atoms with E-state index in [-0.39, 0.29) is 5.91 Å². The average molecular weight is 129 g/mol. The molecule has 0 aromatic rings. The Kier molecular flexibility index (Phi) is 1.98. The molecule has 2 nitrogen and oxygen atoms in total. The molecule has 9 heavy (non-hydrogen) atoms. The third-order valence-electron chi connectivity index (χ3n) is 1.61. The smallest absolute Gasteiger partial charge is 0.220 e. The predicted molar refractivity (Wildman–Crippen MR) is 35.7 cm³/mol. The second kappa shape index (κ2) is 2.76. The Morgan fingerprint density at radius 1 is 1.56 bits per heavy atom. The van der Waals surface area contributed by atoms with Crippen molar-refractivity contribution in [2.75, 3.05) is 6.54 Å². The molecule has 1 amide bonds. The van der Waals surface area contributed by atoms with Gasteiger partial charge in [0.25, 0.3) is 0 Å². The molecular formula is C7H12NO+. The lowest BCUT2D eigenvalue weighted by Gasteiger charge is -2.02. The fraction of sp³-hybridized carbons (Fsp3) is 0.714. The van der Waals surface area contributed by atoms with Crippen LogP contribution in [0.2, 0.25) is 0 Å². The largest absolute Gasteiger partial charge is 0.383 e. The minimum Gasteiger partial charge on any atom is -0.220 e. The number of hydrogen-bond acceptors (Lipinski definition) is 1. The average Bonchev–Trinajstić information content (AvgIpc) is 1.90. The maximum Gasteiger partial charge on any atom is 0.383 e. The summed E-state index contributed by atoms with van der Waals surface area (Å²) in [6, 6.07) is 0. The van der Waals surface area contributed by atoms with Gasteiger partial charge in [-0.3, -0.25) is 0 Å². The number of carbonyl (C=O) groups is 1. The first-order chi connectivity index (χ1) is 4.30. The van der Waals surface area contributed by atoms with Crippen molar-refractivity contribution in [2.45, 2.75) is 26.2 Å². The second-order valence-electron chi connectivity index (χ2n) is 2.39. The van der Waals surface area contributed by atoms with Gasteiger partial charge < -0.3 is 0 Å². The molecule has 0 aliphatic carbocycles. The number of rotatable bonds is 0. The Hall–Kier alpha value is -0.660. The first-order valence-corrected chi connectivity index (χ1v) is 3.41. The first-order valence-electron chi connectivity index (χ1n) is 3.41. The van der Waals surface area contributed by atoms with Gasteiger partial charge in [-0.1, -0.05) is 0 Å². The standard InChI is InChI=1S/C7H12NO/c1-7(9)8-5-3-2-4-6-8/h5H,2-4,6H2,1H3/q+1/i1+1,6+1,7+1. The van der Waals surface area contributed by atoms with Gasteiger partial charge in [-0.05, 0) is 6.42 Å². The van der Waals surface area contributed by atoms with E-state index < -0.39 is 0 Å². The van der Waals surface area contributed by atoms with Crippen molar-refractivity contribution in [3.63, 3.8) is 0 Å². The molecule has 1 aliphatic heterocycles. The number of carbonyl (C=O) groups excluding carboxylic acids is 1. The Morgan fingerprint density at radius 2 is 2.33 bits per heavy atom. The molecule has 0 saturated heterocycles. The maximum atomic E-state index is 10.7. The zero-order valence-electron chi connectivity index (χ0n) is 5.76. The summed E-state index contributed by atoms with van der Waals surface area (Å²) in [7, 11) is 0. The van der Waals surface area contributed by atoms with Crippen molar-refractivity contribution >= 4 is 12.1 Å². The molecule has 0 saturated carbocycles. The van der Waals surface area contributed by atoms with Crippen LogP contribution in [-0.2, 0) is 4.79 Å². The van der Waals surface area contributed by atoms with Gasteiger partial charge in [0, 0.05) is 12.8 Å². The number of nitrogens with zero attached hydrogens (tertiary/aromatic N) is 1. The van der Waals surface area contributed by atoms with Crippen LogP contribution in [0.5, 0.6) is 0 Å². The summed E-state index contributed by atoms with van der Waals surface area (Å²) < 4.78 is 1.80. The molecule has 1 heterocycles. The van der Waals surface area contributed by atoms with Crippen LogP contribution < -0.4 is 0 Å². The molecule has 0 bridgehead atoms. The lowest BCUT2D eigenvalue weighted by atomic mass is 10.3. The molecule has 0 N–H and O–H groups in total. The highest BCUT2D eigenvalue weighted by molar-refractivity contribution is 5.70. The van der Waals surface area contributed by atoms with E-state index in [4.69, 9.17) is 0 Å².